The first kappa shape index (κ1) is 6.99. The van der Waals surface area contributed by atoms with E-state index in [9.17, 15) is 0 Å². The van der Waals surface area contributed by atoms with Crippen LogP contribution in [0.4, 0.5) is 0 Å². The molecule has 1 heterocycles. The predicted octanol–water partition coefficient (Wildman–Crippen LogP) is -0.377. The summed E-state index contributed by atoms with van der Waals surface area (Å²) in [5, 5.41) is 0. The van der Waals surface area contributed by atoms with E-state index < -0.39 is 0 Å². The third kappa shape index (κ3) is 2.30. The van der Waals surface area contributed by atoms with Crippen LogP contribution in [0.3, 0.4) is 0 Å². The van der Waals surface area contributed by atoms with Gasteiger partial charge in [-0.2, -0.15) is 0 Å². The molecule has 1 aliphatic rings. The summed E-state index contributed by atoms with van der Waals surface area (Å²) >= 11 is 0. The van der Waals surface area contributed by atoms with Crippen molar-refractivity contribution in [1.82, 2.24) is 4.90 Å². The van der Waals surface area contributed by atoms with Crippen molar-refractivity contribution in [3.05, 3.63) is 0 Å². The Morgan fingerprint density at radius 2 is 2.56 bits per heavy atom. The van der Waals surface area contributed by atoms with Crippen LogP contribution in [0.2, 0.25) is 0 Å². The number of nitrogens with zero attached hydrogens (tertiary/aromatic N) is 1. The Morgan fingerprint density at radius 1 is 1.78 bits per heavy atom. The molecule has 9 heavy (non-hydrogen) atoms. The number of rotatable bonds is 2. The lowest BCUT2D eigenvalue weighted by molar-refractivity contribution is 0.138. The van der Waals surface area contributed by atoms with Crippen LogP contribution in [0.5, 0.6) is 0 Å². The largest absolute Gasteiger partial charge is 0.365 e. The van der Waals surface area contributed by atoms with Crippen molar-refractivity contribution in [2.45, 2.75) is 13.0 Å². The first-order valence-corrected chi connectivity index (χ1v) is 3.34. The molecule has 0 bridgehead atoms. The van der Waals surface area contributed by atoms with Gasteiger partial charge in [-0.05, 0) is 6.92 Å². The Morgan fingerprint density at radius 3 is 3.00 bits per heavy atom. The summed E-state index contributed by atoms with van der Waals surface area (Å²) in [7, 11) is 0. The molecule has 1 unspecified atom stereocenters. The predicted molar refractivity (Wildman–Crippen MR) is 36.0 cm³/mol. The summed E-state index contributed by atoms with van der Waals surface area (Å²) in [4.78, 5) is 2.21. The molecule has 0 aromatic carbocycles. The second-order valence-electron chi connectivity index (χ2n) is 2.59. The Labute approximate surface area is 55.8 Å². The summed E-state index contributed by atoms with van der Waals surface area (Å²) < 4.78 is 5.13. The van der Waals surface area contributed by atoms with Gasteiger partial charge in [0.2, 0.25) is 0 Å². The summed E-state index contributed by atoms with van der Waals surface area (Å²) in [6.07, 6.45) is 0. The molecule has 1 rings (SSSR count). The fraction of sp³-hybridized carbons (Fsp3) is 1.00. The molecule has 3 heteroatoms. The van der Waals surface area contributed by atoms with E-state index in [4.69, 9.17) is 10.5 Å². The quantitative estimate of drug-likeness (QED) is 0.554. The lowest BCUT2D eigenvalue weighted by Crippen LogP contribution is -2.33. The summed E-state index contributed by atoms with van der Waals surface area (Å²) in [5.41, 5.74) is 5.58. The minimum atomic E-state index is 0.270. The molecule has 0 amide bonds. The fourth-order valence-electron chi connectivity index (χ4n) is 1.00. The summed E-state index contributed by atoms with van der Waals surface area (Å²) in [6, 6.07) is 0.270. The lowest BCUT2D eigenvalue weighted by atomic mass is 10.3. The Kier molecular flexibility index (Phi) is 2.45. The third-order valence-corrected chi connectivity index (χ3v) is 1.37. The topological polar surface area (TPSA) is 38.5 Å². The third-order valence-electron chi connectivity index (χ3n) is 1.37. The van der Waals surface area contributed by atoms with E-state index in [2.05, 4.69) is 4.90 Å². The standard InChI is InChI=1S/C6H14N2O/c1-6(7)4-8-2-3-9-5-8/h6H,2-5,7H2,1H3. The molecule has 1 saturated heterocycles. The highest BCUT2D eigenvalue weighted by Gasteiger charge is 2.11. The Hall–Kier alpha value is -0.120. The second-order valence-corrected chi connectivity index (χ2v) is 2.59. The Bertz CT molecular complexity index is 79.1. The highest BCUT2D eigenvalue weighted by Crippen LogP contribution is 1.98. The van der Waals surface area contributed by atoms with Gasteiger partial charge in [0.25, 0.3) is 0 Å². The monoisotopic (exact) mass is 130 g/mol. The second kappa shape index (κ2) is 3.15. The van der Waals surface area contributed by atoms with Gasteiger partial charge in [-0.1, -0.05) is 0 Å². The van der Waals surface area contributed by atoms with Crippen LogP contribution < -0.4 is 5.73 Å². The number of nitrogens with two attached hydrogens (primary N) is 1. The van der Waals surface area contributed by atoms with Gasteiger partial charge in [-0.3, -0.25) is 4.90 Å². The molecule has 0 aromatic heterocycles. The molecule has 2 N–H and O–H groups in total. The zero-order valence-electron chi connectivity index (χ0n) is 5.84. The molecule has 0 radical (unpaired) electrons. The van der Waals surface area contributed by atoms with Crippen LogP contribution in [0.1, 0.15) is 6.92 Å². The average molecular weight is 130 g/mol. The molecule has 1 fully saturated rings. The van der Waals surface area contributed by atoms with Gasteiger partial charge in [-0.15, -0.1) is 0 Å². The summed E-state index contributed by atoms with van der Waals surface area (Å²) in [6.45, 7) is 5.65. The first-order chi connectivity index (χ1) is 4.29. The van der Waals surface area contributed by atoms with Gasteiger partial charge in [-0.25, -0.2) is 0 Å². The van der Waals surface area contributed by atoms with Crippen molar-refractivity contribution in [1.29, 1.82) is 0 Å². The van der Waals surface area contributed by atoms with Crippen LogP contribution in [0.15, 0.2) is 0 Å². The fourth-order valence-corrected chi connectivity index (χ4v) is 1.00. The molecule has 3 nitrogen and oxygen atoms in total. The molecule has 54 valence electrons. The zero-order valence-corrected chi connectivity index (χ0v) is 5.84. The number of ether oxygens (including phenoxy) is 1. The van der Waals surface area contributed by atoms with Crippen molar-refractivity contribution >= 4 is 0 Å². The normalized spacial score (nSPS) is 24.7. The molecule has 0 saturated carbocycles. The lowest BCUT2D eigenvalue weighted by Gasteiger charge is -2.14. The van der Waals surface area contributed by atoms with Crippen LogP contribution in [0.25, 0.3) is 0 Å². The Balaban J connectivity index is 2.11. The average Bonchev–Trinajstić information content (AvgIpc) is 2.15. The van der Waals surface area contributed by atoms with E-state index in [0.29, 0.717) is 0 Å². The van der Waals surface area contributed by atoms with Gasteiger partial charge in [0.05, 0.1) is 13.3 Å². The molecular formula is C6H14N2O. The van der Waals surface area contributed by atoms with Crippen molar-refractivity contribution in [2.75, 3.05) is 26.4 Å². The van der Waals surface area contributed by atoms with Crippen molar-refractivity contribution < 1.29 is 4.74 Å². The van der Waals surface area contributed by atoms with Crippen LogP contribution in [0, 0.1) is 0 Å². The first-order valence-electron chi connectivity index (χ1n) is 3.34. The smallest absolute Gasteiger partial charge is 0.0992 e. The van der Waals surface area contributed by atoms with E-state index >= 15 is 0 Å². The maximum atomic E-state index is 5.58. The van der Waals surface area contributed by atoms with E-state index in [0.717, 1.165) is 26.4 Å². The molecular weight excluding hydrogens is 116 g/mol. The summed E-state index contributed by atoms with van der Waals surface area (Å²) in [5.74, 6) is 0. The molecule has 0 aromatic rings. The maximum Gasteiger partial charge on any atom is 0.0992 e. The zero-order chi connectivity index (χ0) is 6.69. The highest BCUT2D eigenvalue weighted by atomic mass is 16.5. The van der Waals surface area contributed by atoms with E-state index in [1.807, 2.05) is 6.92 Å². The van der Waals surface area contributed by atoms with Gasteiger partial charge >= 0.3 is 0 Å². The van der Waals surface area contributed by atoms with Gasteiger partial charge in [0.1, 0.15) is 0 Å². The molecule has 1 atom stereocenters. The van der Waals surface area contributed by atoms with Gasteiger partial charge in [0, 0.05) is 19.1 Å². The van der Waals surface area contributed by atoms with E-state index in [1.54, 1.807) is 0 Å². The van der Waals surface area contributed by atoms with Crippen molar-refractivity contribution in [2.24, 2.45) is 5.73 Å². The van der Waals surface area contributed by atoms with Crippen LogP contribution in [-0.2, 0) is 4.74 Å². The van der Waals surface area contributed by atoms with Crippen LogP contribution >= 0.6 is 0 Å². The number of hydrogen-bond acceptors (Lipinski definition) is 3. The SMILES string of the molecule is CC(N)CN1CCOC1. The highest BCUT2D eigenvalue weighted by molar-refractivity contribution is 4.63. The molecule has 0 aliphatic carbocycles. The minimum Gasteiger partial charge on any atom is -0.365 e. The minimum absolute atomic E-state index is 0.270. The van der Waals surface area contributed by atoms with Crippen molar-refractivity contribution in [3.63, 3.8) is 0 Å². The van der Waals surface area contributed by atoms with Gasteiger partial charge < -0.3 is 10.5 Å². The van der Waals surface area contributed by atoms with Gasteiger partial charge in [0.15, 0.2) is 0 Å². The van der Waals surface area contributed by atoms with E-state index in [-0.39, 0.29) is 6.04 Å². The molecule has 1 aliphatic heterocycles. The number of hydrogen-bond donors (Lipinski definition) is 1. The van der Waals surface area contributed by atoms with E-state index in [1.165, 1.54) is 0 Å². The van der Waals surface area contributed by atoms with Crippen LogP contribution in [-0.4, -0.2) is 37.4 Å². The van der Waals surface area contributed by atoms with Crippen molar-refractivity contribution in [3.8, 4) is 0 Å². The maximum absolute atomic E-state index is 5.58. The molecule has 0 spiro atoms.